The van der Waals surface area contributed by atoms with Gasteiger partial charge in [0.2, 0.25) is 10.0 Å². The summed E-state index contributed by atoms with van der Waals surface area (Å²) in [7, 11) is -3.40. The Morgan fingerprint density at radius 1 is 1.30 bits per heavy atom. The highest BCUT2D eigenvalue weighted by Crippen LogP contribution is 2.30. The van der Waals surface area contributed by atoms with Crippen LogP contribution in [-0.4, -0.2) is 19.9 Å². The number of rotatable bonds is 6. The smallest absolute Gasteiger partial charge is 0.242 e. The van der Waals surface area contributed by atoms with Crippen LogP contribution < -0.4 is 10.5 Å². The molecular formula is C14H25N3O2S. The number of nitrogens with two attached hydrogens (primary N) is 1. The number of H-pyrrole nitrogens is 1. The first kappa shape index (κ1) is 15.5. The van der Waals surface area contributed by atoms with Crippen LogP contribution in [0, 0.1) is 11.8 Å². The number of aromatic nitrogens is 1. The van der Waals surface area contributed by atoms with Gasteiger partial charge in [-0.05, 0) is 30.7 Å². The fourth-order valence-electron chi connectivity index (χ4n) is 2.85. The summed E-state index contributed by atoms with van der Waals surface area (Å²) in [6.45, 7) is 3.09. The molecule has 0 saturated heterocycles. The predicted octanol–water partition coefficient (Wildman–Crippen LogP) is 1.97. The van der Waals surface area contributed by atoms with Crippen LogP contribution in [0.1, 0.15) is 44.7 Å². The predicted molar refractivity (Wildman–Crippen MR) is 79.6 cm³/mol. The molecule has 0 atom stereocenters. The Bertz CT molecular complexity index is 516. The zero-order chi connectivity index (χ0) is 14.6. The van der Waals surface area contributed by atoms with Crippen molar-refractivity contribution in [3.63, 3.8) is 0 Å². The summed E-state index contributed by atoms with van der Waals surface area (Å²) in [6.07, 6.45) is 7.45. The van der Waals surface area contributed by atoms with Gasteiger partial charge in [-0.1, -0.05) is 26.2 Å². The molecule has 1 saturated carbocycles. The van der Waals surface area contributed by atoms with Gasteiger partial charge >= 0.3 is 0 Å². The van der Waals surface area contributed by atoms with Crippen molar-refractivity contribution < 1.29 is 8.42 Å². The Kier molecular flexibility index (Phi) is 5.23. The van der Waals surface area contributed by atoms with E-state index in [9.17, 15) is 8.42 Å². The van der Waals surface area contributed by atoms with E-state index in [1.165, 1.54) is 25.5 Å². The average Bonchev–Trinajstić information content (AvgIpc) is 2.95. The summed E-state index contributed by atoms with van der Waals surface area (Å²) < 4.78 is 27.0. The standard InChI is InChI=1S/C14H25N3O2S/c1-2-11-3-5-12(6-4-11)9-17-20(18,19)14-7-13(8-15)16-10-14/h7,10-12,16-17H,2-6,8-9,15H2,1H3. The summed E-state index contributed by atoms with van der Waals surface area (Å²) in [5, 5.41) is 0. The lowest BCUT2D eigenvalue weighted by molar-refractivity contribution is 0.270. The lowest BCUT2D eigenvalue weighted by atomic mass is 9.81. The van der Waals surface area contributed by atoms with Crippen molar-refractivity contribution >= 4 is 10.0 Å². The minimum Gasteiger partial charge on any atom is -0.363 e. The third kappa shape index (κ3) is 3.84. The second-order valence-electron chi connectivity index (χ2n) is 5.71. The molecule has 0 unspecified atom stereocenters. The topological polar surface area (TPSA) is 88.0 Å². The van der Waals surface area contributed by atoms with Gasteiger partial charge in [0, 0.05) is 25.0 Å². The molecule has 0 aliphatic heterocycles. The molecule has 6 heteroatoms. The SMILES string of the molecule is CCC1CCC(CNS(=O)(=O)c2c[nH]c(CN)c2)CC1. The average molecular weight is 299 g/mol. The van der Waals surface area contributed by atoms with E-state index >= 15 is 0 Å². The van der Waals surface area contributed by atoms with E-state index < -0.39 is 10.0 Å². The van der Waals surface area contributed by atoms with E-state index in [1.807, 2.05) is 0 Å². The van der Waals surface area contributed by atoms with Crippen LogP contribution in [-0.2, 0) is 16.6 Å². The van der Waals surface area contributed by atoms with Crippen molar-refractivity contribution in [3.8, 4) is 0 Å². The van der Waals surface area contributed by atoms with Crippen molar-refractivity contribution in [3.05, 3.63) is 18.0 Å². The molecule has 0 spiro atoms. The zero-order valence-electron chi connectivity index (χ0n) is 12.1. The van der Waals surface area contributed by atoms with Crippen molar-refractivity contribution in [1.82, 2.24) is 9.71 Å². The maximum atomic E-state index is 12.2. The number of sulfonamides is 1. The minimum absolute atomic E-state index is 0.278. The molecule has 1 aromatic rings. The Labute approximate surface area is 121 Å². The summed E-state index contributed by atoms with van der Waals surface area (Å²) >= 11 is 0. The molecule has 0 bridgehead atoms. The van der Waals surface area contributed by atoms with Crippen molar-refractivity contribution in [2.45, 2.75) is 50.5 Å². The Morgan fingerprint density at radius 2 is 1.95 bits per heavy atom. The van der Waals surface area contributed by atoms with E-state index in [1.54, 1.807) is 6.07 Å². The first-order valence-corrected chi connectivity index (χ1v) is 8.90. The lowest BCUT2D eigenvalue weighted by Gasteiger charge is -2.27. The van der Waals surface area contributed by atoms with Gasteiger partial charge in [-0.15, -0.1) is 0 Å². The number of aromatic amines is 1. The molecule has 0 amide bonds. The van der Waals surface area contributed by atoms with E-state index in [0.29, 0.717) is 19.0 Å². The van der Waals surface area contributed by atoms with Crippen LogP contribution in [0.3, 0.4) is 0 Å². The van der Waals surface area contributed by atoms with Crippen LogP contribution in [0.4, 0.5) is 0 Å². The van der Waals surface area contributed by atoms with Crippen LogP contribution in [0.15, 0.2) is 17.2 Å². The molecule has 1 aromatic heterocycles. The molecule has 114 valence electrons. The number of hydrogen-bond acceptors (Lipinski definition) is 3. The van der Waals surface area contributed by atoms with Gasteiger partial charge in [0.25, 0.3) is 0 Å². The normalized spacial score (nSPS) is 23.9. The van der Waals surface area contributed by atoms with E-state index in [0.717, 1.165) is 24.5 Å². The van der Waals surface area contributed by atoms with Gasteiger partial charge < -0.3 is 10.7 Å². The Hall–Kier alpha value is -0.850. The lowest BCUT2D eigenvalue weighted by Crippen LogP contribution is -2.31. The summed E-state index contributed by atoms with van der Waals surface area (Å²) in [4.78, 5) is 3.15. The third-order valence-corrected chi connectivity index (χ3v) is 5.76. The van der Waals surface area contributed by atoms with Crippen LogP contribution in [0.2, 0.25) is 0 Å². The highest BCUT2D eigenvalue weighted by Gasteiger charge is 2.22. The second kappa shape index (κ2) is 6.74. The maximum Gasteiger partial charge on any atom is 0.242 e. The fraction of sp³-hybridized carbons (Fsp3) is 0.714. The minimum atomic E-state index is -3.40. The largest absolute Gasteiger partial charge is 0.363 e. The molecule has 0 aromatic carbocycles. The van der Waals surface area contributed by atoms with E-state index in [-0.39, 0.29) is 4.90 Å². The van der Waals surface area contributed by atoms with Crippen LogP contribution >= 0.6 is 0 Å². The second-order valence-corrected chi connectivity index (χ2v) is 7.48. The van der Waals surface area contributed by atoms with Crippen molar-refractivity contribution in [1.29, 1.82) is 0 Å². The van der Waals surface area contributed by atoms with Gasteiger partial charge in [0.1, 0.15) is 0 Å². The first-order chi connectivity index (χ1) is 9.55. The summed E-state index contributed by atoms with van der Waals surface area (Å²) in [6, 6.07) is 1.59. The van der Waals surface area contributed by atoms with E-state index in [4.69, 9.17) is 5.73 Å². The summed E-state index contributed by atoms with van der Waals surface area (Å²) in [5.74, 6) is 1.31. The summed E-state index contributed by atoms with van der Waals surface area (Å²) in [5.41, 5.74) is 6.21. The molecule has 5 nitrogen and oxygen atoms in total. The van der Waals surface area contributed by atoms with Gasteiger partial charge in [0.15, 0.2) is 0 Å². The quantitative estimate of drug-likeness (QED) is 0.750. The van der Waals surface area contributed by atoms with Gasteiger partial charge in [-0.25, -0.2) is 13.1 Å². The van der Waals surface area contributed by atoms with Gasteiger partial charge in [0.05, 0.1) is 4.90 Å². The molecule has 1 aliphatic rings. The Morgan fingerprint density at radius 3 is 2.50 bits per heavy atom. The number of hydrogen-bond donors (Lipinski definition) is 3. The zero-order valence-corrected chi connectivity index (χ0v) is 12.9. The molecule has 0 radical (unpaired) electrons. The molecule has 1 fully saturated rings. The maximum absolute atomic E-state index is 12.2. The Balaban J connectivity index is 1.87. The van der Waals surface area contributed by atoms with Crippen molar-refractivity contribution in [2.75, 3.05) is 6.54 Å². The first-order valence-electron chi connectivity index (χ1n) is 7.42. The van der Waals surface area contributed by atoms with E-state index in [2.05, 4.69) is 16.6 Å². The number of nitrogens with one attached hydrogen (secondary N) is 2. The third-order valence-electron chi connectivity index (χ3n) is 4.35. The fourth-order valence-corrected chi connectivity index (χ4v) is 3.98. The van der Waals surface area contributed by atoms with Gasteiger partial charge in [-0.2, -0.15) is 0 Å². The highest BCUT2D eigenvalue weighted by molar-refractivity contribution is 7.89. The molecular weight excluding hydrogens is 274 g/mol. The molecule has 2 rings (SSSR count). The van der Waals surface area contributed by atoms with Crippen molar-refractivity contribution in [2.24, 2.45) is 17.6 Å². The monoisotopic (exact) mass is 299 g/mol. The molecule has 20 heavy (non-hydrogen) atoms. The van der Waals surface area contributed by atoms with Gasteiger partial charge in [-0.3, -0.25) is 0 Å². The van der Waals surface area contributed by atoms with Crippen LogP contribution in [0.5, 0.6) is 0 Å². The highest BCUT2D eigenvalue weighted by atomic mass is 32.2. The molecule has 1 heterocycles. The molecule has 4 N–H and O–H groups in total. The van der Waals surface area contributed by atoms with Crippen LogP contribution in [0.25, 0.3) is 0 Å². The molecule has 1 aliphatic carbocycles.